The third-order valence-electron chi connectivity index (χ3n) is 2.42. The van der Waals surface area contributed by atoms with Crippen LogP contribution in [0.25, 0.3) is 0 Å². The Balaban J connectivity index is 2.34. The molecule has 1 aromatic carbocycles. The van der Waals surface area contributed by atoms with Crippen molar-refractivity contribution in [1.29, 1.82) is 0 Å². The van der Waals surface area contributed by atoms with Gasteiger partial charge >= 0.3 is 0 Å². The van der Waals surface area contributed by atoms with Crippen LogP contribution in [-0.2, 0) is 0 Å². The molecule has 1 heterocycles. The van der Waals surface area contributed by atoms with Gasteiger partial charge in [-0.1, -0.05) is 17.7 Å². The number of rotatable bonds is 2. The van der Waals surface area contributed by atoms with Crippen molar-refractivity contribution in [2.24, 2.45) is 0 Å². The highest BCUT2D eigenvalue weighted by Gasteiger charge is 2.05. The summed E-state index contributed by atoms with van der Waals surface area (Å²) in [6.45, 7) is 4.07. The minimum atomic E-state index is 0.173. The SMILES string of the molecule is Cc1ccc(Nc2nc(Cl)ncc2N)c(C)c1. The number of benzene rings is 1. The first kappa shape index (κ1) is 11.7. The zero-order valence-corrected chi connectivity index (χ0v) is 10.4. The maximum atomic E-state index is 5.77. The van der Waals surface area contributed by atoms with Gasteiger partial charge in [0.05, 0.1) is 11.9 Å². The van der Waals surface area contributed by atoms with Crippen molar-refractivity contribution in [2.75, 3.05) is 11.1 Å². The first-order chi connectivity index (χ1) is 8.06. The topological polar surface area (TPSA) is 63.8 Å². The van der Waals surface area contributed by atoms with Crippen LogP contribution in [0.15, 0.2) is 24.4 Å². The number of nitrogens with zero attached hydrogens (tertiary/aromatic N) is 2. The molecule has 0 atom stereocenters. The lowest BCUT2D eigenvalue weighted by Crippen LogP contribution is -2.01. The summed E-state index contributed by atoms with van der Waals surface area (Å²) in [6, 6.07) is 6.09. The maximum absolute atomic E-state index is 5.77. The fourth-order valence-electron chi connectivity index (χ4n) is 1.55. The normalized spacial score (nSPS) is 10.3. The monoisotopic (exact) mass is 248 g/mol. The largest absolute Gasteiger partial charge is 0.394 e. The van der Waals surface area contributed by atoms with Crippen molar-refractivity contribution in [3.05, 3.63) is 40.8 Å². The molecular formula is C12H13ClN4. The van der Waals surface area contributed by atoms with Crippen LogP contribution in [0, 0.1) is 13.8 Å². The van der Waals surface area contributed by atoms with Crippen LogP contribution in [0.5, 0.6) is 0 Å². The third kappa shape index (κ3) is 2.65. The molecule has 0 aliphatic heterocycles. The van der Waals surface area contributed by atoms with E-state index in [2.05, 4.69) is 21.4 Å². The van der Waals surface area contributed by atoms with Crippen LogP contribution < -0.4 is 11.1 Å². The minimum Gasteiger partial charge on any atom is -0.394 e. The van der Waals surface area contributed by atoms with Gasteiger partial charge in [0, 0.05) is 5.69 Å². The van der Waals surface area contributed by atoms with E-state index in [0.29, 0.717) is 11.5 Å². The highest BCUT2D eigenvalue weighted by atomic mass is 35.5. The lowest BCUT2D eigenvalue weighted by atomic mass is 10.1. The molecule has 0 radical (unpaired) electrons. The number of anilines is 3. The van der Waals surface area contributed by atoms with E-state index in [-0.39, 0.29) is 5.28 Å². The molecule has 0 aliphatic rings. The standard InChI is InChI=1S/C12H13ClN4/c1-7-3-4-10(8(2)5-7)16-11-9(14)6-15-12(13)17-11/h3-6H,14H2,1-2H3,(H,15,16,17). The molecule has 0 aliphatic carbocycles. The van der Waals surface area contributed by atoms with Crippen LogP contribution in [0.4, 0.5) is 17.2 Å². The molecule has 0 fully saturated rings. The Labute approximate surface area is 105 Å². The Hall–Kier alpha value is -1.81. The van der Waals surface area contributed by atoms with Crippen LogP contribution in [0.2, 0.25) is 5.28 Å². The Morgan fingerprint density at radius 1 is 1.29 bits per heavy atom. The molecule has 0 spiro atoms. The molecule has 17 heavy (non-hydrogen) atoms. The molecule has 0 amide bonds. The number of nitrogen functional groups attached to an aromatic ring is 1. The van der Waals surface area contributed by atoms with Crippen molar-refractivity contribution in [2.45, 2.75) is 13.8 Å². The van der Waals surface area contributed by atoms with Crippen LogP contribution in [0.1, 0.15) is 11.1 Å². The summed E-state index contributed by atoms with van der Waals surface area (Å²) in [4.78, 5) is 7.86. The summed E-state index contributed by atoms with van der Waals surface area (Å²) in [5.74, 6) is 0.525. The van der Waals surface area contributed by atoms with Gasteiger partial charge in [0.15, 0.2) is 5.82 Å². The van der Waals surface area contributed by atoms with Crippen LogP contribution in [-0.4, -0.2) is 9.97 Å². The average molecular weight is 249 g/mol. The fourth-order valence-corrected chi connectivity index (χ4v) is 1.68. The fraction of sp³-hybridized carbons (Fsp3) is 0.167. The molecule has 0 saturated carbocycles. The van der Waals surface area contributed by atoms with Crippen LogP contribution >= 0.6 is 11.6 Å². The molecule has 1 aromatic heterocycles. The second-order valence-electron chi connectivity index (χ2n) is 3.89. The van der Waals surface area contributed by atoms with Crippen molar-refractivity contribution >= 4 is 28.8 Å². The molecule has 88 valence electrons. The molecule has 0 saturated heterocycles. The first-order valence-corrected chi connectivity index (χ1v) is 5.56. The van der Waals surface area contributed by atoms with E-state index in [1.807, 2.05) is 26.0 Å². The van der Waals surface area contributed by atoms with E-state index < -0.39 is 0 Å². The number of aromatic nitrogens is 2. The van der Waals surface area contributed by atoms with Gasteiger partial charge in [-0.15, -0.1) is 0 Å². The lowest BCUT2D eigenvalue weighted by molar-refractivity contribution is 1.17. The Bertz CT molecular complexity index is 554. The molecule has 4 nitrogen and oxygen atoms in total. The number of nitrogens with two attached hydrogens (primary N) is 1. The predicted octanol–water partition coefficient (Wildman–Crippen LogP) is 3.07. The summed E-state index contributed by atoms with van der Waals surface area (Å²) in [5, 5.41) is 3.32. The Kier molecular flexibility index (Phi) is 3.15. The quantitative estimate of drug-likeness (QED) is 0.802. The molecule has 5 heteroatoms. The Morgan fingerprint density at radius 3 is 2.76 bits per heavy atom. The van der Waals surface area contributed by atoms with Gasteiger partial charge in [-0.25, -0.2) is 4.98 Å². The van der Waals surface area contributed by atoms with Crippen LogP contribution in [0.3, 0.4) is 0 Å². The van der Waals surface area contributed by atoms with Gasteiger partial charge in [0.25, 0.3) is 0 Å². The number of hydrogen-bond donors (Lipinski definition) is 2. The van der Waals surface area contributed by atoms with E-state index in [0.717, 1.165) is 11.3 Å². The van der Waals surface area contributed by atoms with Gasteiger partial charge in [0.1, 0.15) is 0 Å². The summed E-state index contributed by atoms with van der Waals surface area (Å²) < 4.78 is 0. The van der Waals surface area contributed by atoms with Crippen molar-refractivity contribution in [3.63, 3.8) is 0 Å². The second kappa shape index (κ2) is 4.59. The number of hydrogen-bond acceptors (Lipinski definition) is 4. The van der Waals surface area contributed by atoms with Crippen molar-refractivity contribution in [1.82, 2.24) is 9.97 Å². The van der Waals surface area contributed by atoms with E-state index in [1.54, 1.807) is 0 Å². The predicted molar refractivity (Wildman–Crippen MR) is 70.7 cm³/mol. The molecule has 2 aromatic rings. The van der Waals surface area contributed by atoms with E-state index in [1.165, 1.54) is 11.8 Å². The average Bonchev–Trinajstić information content (AvgIpc) is 2.27. The van der Waals surface area contributed by atoms with Crippen molar-refractivity contribution < 1.29 is 0 Å². The number of nitrogens with one attached hydrogen (secondary N) is 1. The smallest absolute Gasteiger partial charge is 0.224 e. The van der Waals surface area contributed by atoms with Gasteiger partial charge in [0.2, 0.25) is 5.28 Å². The summed E-state index contributed by atoms with van der Waals surface area (Å²) >= 11 is 5.73. The molecule has 0 unspecified atom stereocenters. The zero-order valence-electron chi connectivity index (χ0n) is 9.66. The highest BCUT2D eigenvalue weighted by Crippen LogP contribution is 2.24. The molecular weight excluding hydrogens is 236 g/mol. The Morgan fingerprint density at radius 2 is 2.06 bits per heavy atom. The second-order valence-corrected chi connectivity index (χ2v) is 4.22. The third-order valence-corrected chi connectivity index (χ3v) is 2.60. The molecule has 2 rings (SSSR count). The lowest BCUT2D eigenvalue weighted by Gasteiger charge is -2.11. The van der Waals surface area contributed by atoms with Gasteiger partial charge in [-0.3, -0.25) is 0 Å². The maximum Gasteiger partial charge on any atom is 0.224 e. The van der Waals surface area contributed by atoms with E-state index in [9.17, 15) is 0 Å². The highest BCUT2D eigenvalue weighted by molar-refractivity contribution is 6.28. The zero-order chi connectivity index (χ0) is 12.4. The van der Waals surface area contributed by atoms with Gasteiger partial charge < -0.3 is 11.1 Å². The number of aryl methyl sites for hydroxylation is 2. The van der Waals surface area contributed by atoms with Crippen molar-refractivity contribution in [3.8, 4) is 0 Å². The van der Waals surface area contributed by atoms with Gasteiger partial charge in [-0.05, 0) is 37.1 Å². The van der Waals surface area contributed by atoms with Gasteiger partial charge in [-0.2, -0.15) is 4.98 Å². The minimum absolute atomic E-state index is 0.173. The number of halogens is 1. The molecule has 3 N–H and O–H groups in total. The summed E-state index contributed by atoms with van der Waals surface area (Å²) in [7, 11) is 0. The first-order valence-electron chi connectivity index (χ1n) is 5.18. The summed E-state index contributed by atoms with van der Waals surface area (Å²) in [6.07, 6.45) is 1.49. The van der Waals surface area contributed by atoms with E-state index in [4.69, 9.17) is 17.3 Å². The molecule has 0 bridgehead atoms. The van der Waals surface area contributed by atoms with E-state index >= 15 is 0 Å². The summed E-state index contributed by atoms with van der Waals surface area (Å²) in [5.41, 5.74) is 9.53.